The zero-order valence-corrected chi connectivity index (χ0v) is 11.2. The molecule has 98 valence electrons. The van der Waals surface area contributed by atoms with Gasteiger partial charge >= 0.3 is 0 Å². The third-order valence-corrected chi connectivity index (χ3v) is 4.11. The number of carbonyl (C=O) groups excluding carboxylic acids is 1. The first-order chi connectivity index (χ1) is 8.15. The third kappa shape index (κ3) is 3.68. The van der Waals surface area contributed by atoms with E-state index in [1.54, 1.807) is 0 Å². The van der Waals surface area contributed by atoms with Crippen LogP contribution in [0.1, 0.15) is 19.3 Å². The first-order valence-corrected chi connectivity index (χ1v) is 6.80. The van der Waals surface area contributed by atoms with Crippen LogP contribution in [-0.4, -0.2) is 74.0 Å². The highest BCUT2D eigenvalue weighted by Crippen LogP contribution is 2.20. The van der Waals surface area contributed by atoms with Crippen LogP contribution in [0.3, 0.4) is 0 Å². The molecule has 0 aromatic carbocycles. The van der Waals surface area contributed by atoms with Crippen LogP contribution in [0.15, 0.2) is 0 Å². The van der Waals surface area contributed by atoms with Gasteiger partial charge in [0.25, 0.3) is 0 Å². The maximum absolute atomic E-state index is 12.0. The predicted octanol–water partition coefficient (Wildman–Crippen LogP) is 0.492. The molecule has 0 N–H and O–H groups in total. The summed E-state index contributed by atoms with van der Waals surface area (Å²) in [5.41, 5.74) is 0. The van der Waals surface area contributed by atoms with E-state index in [9.17, 15) is 4.79 Å². The van der Waals surface area contributed by atoms with Gasteiger partial charge in [-0.1, -0.05) is 0 Å². The third-order valence-electron chi connectivity index (χ3n) is 4.11. The van der Waals surface area contributed by atoms with Gasteiger partial charge in [-0.2, -0.15) is 0 Å². The molecule has 0 spiro atoms. The highest BCUT2D eigenvalue weighted by molar-refractivity contribution is 5.76. The second kappa shape index (κ2) is 5.83. The second-order valence-corrected chi connectivity index (χ2v) is 5.64. The van der Waals surface area contributed by atoms with Gasteiger partial charge in [0.1, 0.15) is 0 Å². The van der Waals surface area contributed by atoms with Crippen LogP contribution >= 0.6 is 0 Å². The SMILES string of the molecule is CN1CCN(C(=O)CC[C@@H]2CCN(C)C2)CC1. The Morgan fingerprint density at radius 3 is 2.35 bits per heavy atom. The van der Waals surface area contributed by atoms with Crippen LogP contribution in [0.2, 0.25) is 0 Å². The summed E-state index contributed by atoms with van der Waals surface area (Å²) in [6.45, 7) is 6.26. The molecule has 0 aliphatic carbocycles. The molecule has 4 heteroatoms. The number of likely N-dealkylation sites (tertiary alicyclic amines) is 1. The van der Waals surface area contributed by atoms with Gasteiger partial charge in [-0.05, 0) is 39.4 Å². The van der Waals surface area contributed by atoms with Gasteiger partial charge in [0.05, 0.1) is 0 Å². The van der Waals surface area contributed by atoms with Gasteiger partial charge in [-0.3, -0.25) is 4.79 Å². The Bertz CT molecular complexity index is 261. The summed E-state index contributed by atoms with van der Waals surface area (Å²) in [6, 6.07) is 0. The van der Waals surface area contributed by atoms with E-state index in [4.69, 9.17) is 0 Å². The summed E-state index contributed by atoms with van der Waals surface area (Å²) in [6.07, 6.45) is 3.10. The second-order valence-electron chi connectivity index (χ2n) is 5.64. The summed E-state index contributed by atoms with van der Waals surface area (Å²) in [5, 5.41) is 0. The van der Waals surface area contributed by atoms with E-state index >= 15 is 0 Å². The van der Waals surface area contributed by atoms with Gasteiger partial charge < -0.3 is 14.7 Å². The van der Waals surface area contributed by atoms with Gasteiger partial charge in [-0.25, -0.2) is 0 Å². The van der Waals surface area contributed by atoms with Crippen LogP contribution < -0.4 is 0 Å². The molecule has 2 saturated heterocycles. The molecule has 1 amide bonds. The van der Waals surface area contributed by atoms with Crippen molar-refractivity contribution in [1.82, 2.24) is 14.7 Å². The maximum Gasteiger partial charge on any atom is 0.222 e. The van der Waals surface area contributed by atoms with E-state index in [1.807, 2.05) is 4.90 Å². The number of hydrogen-bond donors (Lipinski definition) is 0. The van der Waals surface area contributed by atoms with Crippen molar-refractivity contribution in [3.05, 3.63) is 0 Å². The first kappa shape index (κ1) is 12.8. The molecule has 2 rings (SSSR count). The largest absolute Gasteiger partial charge is 0.340 e. The zero-order valence-electron chi connectivity index (χ0n) is 11.2. The number of rotatable bonds is 3. The fourth-order valence-electron chi connectivity index (χ4n) is 2.80. The lowest BCUT2D eigenvalue weighted by Crippen LogP contribution is -2.47. The lowest BCUT2D eigenvalue weighted by molar-refractivity contribution is -0.133. The van der Waals surface area contributed by atoms with Crippen molar-refractivity contribution < 1.29 is 4.79 Å². The van der Waals surface area contributed by atoms with Crippen LogP contribution in [0, 0.1) is 5.92 Å². The fraction of sp³-hybridized carbons (Fsp3) is 0.923. The first-order valence-electron chi connectivity index (χ1n) is 6.80. The molecule has 4 nitrogen and oxygen atoms in total. The minimum Gasteiger partial charge on any atom is -0.340 e. The Balaban J connectivity index is 1.67. The van der Waals surface area contributed by atoms with Crippen molar-refractivity contribution in [2.75, 3.05) is 53.4 Å². The Kier molecular flexibility index (Phi) is 4.40. The Morgan fingerprint density at radius 1 is 1.06 bits per heavy atom. The molecule has 1 atom stereocenters. The van der Waals surface area contributed by atoms with E-state index in [2.05, 4.69) is 23.9 Å². The van der Waals surface area contributed by atoms with Crippen LogP contribution in [0.5, 0.6) is 0 Å². The summed E-state index contributed by atoms with van der Waals surface area (Å²) in [7, 11) is 4.29. The molecule has 0 radical (unpaired) electrons. The highest BCUT2D eigenvalue weighted by Gasteiger charge is 2.23. The van der Waals surface area contributed by atoms with Crippen molar-refractivity contribution >= 4 is 5.91 Å². The molecule has 2 fully saturated rings. The van der Waals surface area contributed by atoms with Gasteiger partial charge in [-0.15, -0.1) is 0 Å². The number of hydrogen-bond acceptors (Lipinski definition) is 3. The van der Waals surface area contributed by atoms with E-state index in [1.165, 1.54) is 19.5 Å². The lowest BCUT2D eigenvalue weighted by atomic mass is 10.0. The quantitative estimate of drug-likeness (QED) is 0.717. The maximum atomic E-state index is 12.0. The number of carbonyl (C=O) groups is 1. The minimum absolute atomic E-state index is 0.368. The molecule has 0 aromatic heterocycles. The minimum atomic E-state index is 0.368. The standard InChI is InChI=1S/C13H25N3O/c1-14-7-9-16(10-8-14)13(17)4-3-12-5-6-15(2)11-12/h12H,3-11H2,1-2H3/t12-/m1/s1. The van der Waals surface area contributed by atoms with Gasteiger partial charge in [0, 0.05) is 39.1 Å². The van der Waals surface area contributed by atoms with Crippen molar-refractivity contribution in [3.8, 4) is 0 Å². The highest BCUT2D eigenvalue weighted by atomic mass is 16.2. The van der Waals surface area contributed by atoms with Crippen molar-refractivity contribution in [2.45, 2.75) is 19.3 Å². The molecule has 0 saturated carbocycles. The van der Waals surface area contributed by atoms with Crippen LogP contribution in [0.25, 0.3) is 0 Å². The summed E-state index contributed by atoms with van der Waals surface area (Å²) in [5.74, 6) is 1.11. The van der Waals surface area contributed by atoms with E-state index in [0.29, 0.717) is 5.91 Å². The molecule has 0 unspecified atom stereocenters. The monoisotopic (exact) mass is 239 g/mol. The Labute approximate surface area is 105 Å². The fourth-order valence-corrected chi connectivity index (χ4v) is 2.80. The zero-order chi connectivity index (χ0) is 12.3. The number of amides is 1. The average molecular weight is 239 g/mol. The van der Waals surface area contributed by atoms with Crippen molar-refractivity contribution in [3.63, 3.8) is 0 Å². The van der Waals surface area contributed by atoms with Crippen molar-refractivity contribution in [2.24, 2.45) is 5.92 Å². The number of likely N-dealkylation sites (N-methyl/N-ethyl adjacent to an activating group) is 1. The Hall–Kier alpha value is -0.610. The van der Waals surface area contributed by atoms with E-state index in [-0.39, 0.29) is 0 Å². The average Bonchev–Trinajstić information content (AvgIpc) is 2.73. The molecular weight excluding hydrogens is 214 g/mol. The number of nitrogens with zero attached hydrogens (tertiary/aromatic N) is 3. The molecule has 0 bridgehead atoms. The van der Waals surface area contributed by atoms with E-state index < -0.39 is 0 Å². The smallest absolute Gasteiger partial charge is 0.222 e. The van der Waals surface area contributed by atoms with Gasteiger partial charge in [0.2, 0.25) is 5.91 Å². The van der Waals surface area contributed by atoms with Crippen LogP contribution in [-0.2, 0) is 4.79 Å². The van der Waals surface area contributed by atoms with E-state index in [0.717, 1.165) is 44.9 Å². The molecule has 2 heterocycles. The molecule has 17 heavy (non-hydrogen) atoms. The summed E-state index contributed by atoms with van der Waals surface area (Å²) >= 11 is 0. The number of piperazine rings is 1. The summed E-state index contributed by atoms with van der Waals surface area (Å²) < 4.78 is 0. The molecule has 2 aliphatic heterocycles. The topological polar surface area (TPSA) is 26.8 Å². The van der Waals surface area contributed by atoms with Crippen LogP contribution in [0.4, 0.5) is 0 Å². The molecule has 0 aromatic rings. The van der Waals surface area contributed by atoms with Gasteiger partial charge in [0.15, 0.2) is 0 Å². The lowest BCUT2D eigenvalue weighted by Gasteiger charge is -2.32. The predicted molar refractivity (Wildman–Crippen MR) is 68.9 cm³/mol. The molecular formula is C13H25N3O. The Morgan fingerprint density at radius 2 is 1.76 bits per heavy atom. The van der Waals surface area contributed by atoms with Crippen molar-refractivity contribution in [1.29, 1.82) is 0 Å². The normalized spacial score (nSPS) is 27.6. The summed E-state index contributed by atoms with van der Waals surface area (Å²) in [4.78, 5) is 18.7. The molecule has 2 aliphatic rings.